The van der Waals surface area contributed by atoms with Crippen molar-refractivity contribution in [3.8, 4) is 0 Å². The lowest BCUT2D eigenvalue weighted by molar-refractivity contribution is -0.124. The molecular weight excluding hydrogens is 361 g/mol. The summed E-state index contributed by atoms with van der Waals surface area (Å²) in [5.74, 6) is 0.301. The third-order valence-electron chi connectivity index (χ3n) is 4.62. The minimum absolute atomic E-state index is 0. The van der Waals surface area contributed by atoms with Crippen molar-refractivity contribution in [3.63, 3.8) is 0 Å². The van der Waals surface area contributed by atoms with Crippen molar-refractivity contribution in [3.05, 3.63) is 35.4 Å². The number of hydrogen-bond donors (Lipinski definition) is 2. The minimum Gasteiger partial charge on any atom is -0.376 e. The van der Waals surface area contributed by atoms with Gasteiger partial charge in [-0.15, -0.1) is 24.8 Å². The predicted molar refractivity (Wildman–Crippen MR) is 104 cm³/mol. The van der Waals surface area contributed by atoms with Crippen LogP contribution < -0.4 is 10.6 Å². The molecule has 0 saturated carbocycles. The lowest BCUT2D eigenvalue weighted by Gasteiger charge is -2.31. The molecule has 0 spiro atoms. The summed E-state index contributed by atoms with van der Waals surface area (Å²) in [6.07, 6.45) is 1.26. The fraction of sp³-hybridized carbons (Fsp3) is 0.611. The van der Waals surface area contributed by atoms with E-state index in [1.54, 1.807) is 0 Å². The summed E-state index contributed by atoms with van der Waals surface area (Å²) < 4.78 is 5.59. The number of rotatable bonds is 5. The Bertz CT molecular complexity index is 539. The first-order chi connectivity index (χ1) is 11.2. The van der Waals surface area contributed by atoms with Gasteiger partial charge in [-0.25, -0.2) is 0 Å². The van der Waals surface area contributed by atoms with Gasteiger partial charge in [0, 0.05) is 32.7 Å². The molecule has 0 aliphatic carbocycles. The molecule has 2 saturated heterocycles. The average Bonchev–Trinajstić information content (AvgIpc) is 3.07. The minimum atomic E-state index is 0. The number of ether oxygens (including phenoxy) is 1. The second kappa shape index (κ2) is 11.0. The highest BCUT2D eigenvalue weighted by Crippen LogP contribution is 2.13. The van der Waals surface area contributed by atoms with Gasteiger partial charge in [-0.3, -0.25) is 9.69 Å². The predicted octanol–water partition coefficient (Wildman–Crippen LogP) is 1.98. The van der Waals surface area contributed by atoms with E-state index < -0.39 is 0 Å². The van der Waals surface area contributed by atoms with Gasteiger partial charge in [-0.05, 0) is 31.0 Å². The van der Waals surface area contributed by atoms with Crippen LogP contribution in [0.25, 0.3) is 0 Å². The number of amides is 1. The van der Waals surface area contributed by atoms with Crippen LogP contribution in [-0.2, 0) is 22.6 Å². The quantitative estimate of drug-likeness (QED) is 0.808. The fourth-order valence-corrected chi connectivity index (χ4v) is 3.34. The van der Waals surface area contributed by atoms with E-state index >= 15 is 0 Å². The maximum atomic E-state index is 12.1. The van der Waals surface area contributed by atoms with Crippen LogP contribution >= 0.6 is 24.8 Å². The van der Waals surface area contributed by atoms with E-state index in [0.717, 1.165) is 45.8 Å². The number of nitrogens with zero attached hydrogens (tertiary/aromatic N) is 1. The van der Waals surface area contributed by atoms with E-state index in [4.69, 9.17) is 4.74 Å². The van der Waals surface area contributed by atoms with E-state index in [1.807, 2.05) is 0 Å². The molecule has 0 radical (unpaired) electrons. The van der Waals surface area contributed by atoms with Gasteiger partial charge >= 0.3 is 0 Å². The average molecular weight is 390 g/mol. The molecule has 2 N–H and O–H groups in total. The molecule has 1 aromatic carbocycles. The van der Waals surface area contributed by atoms with Crippen LogP contribution in [0.1, 0.15) is 24.5 Å². The Morgan fingerprint density at radius 1 is 1.36 bits per heavy atom. The monoisotopic (exact) mass is 389 g/mol. The topological polar surface area (TPSA) is 53.6 Å². The summed E-state index contributed by atoms with van der Waals surface area (Å²) >= 11 is 0. The number of morpholine rings is 1. The number of nitrogens with one attached hydrogen (secondary N) is 2. The maximum absolute atomic E-state index is 12.1. The van der Waals surface area contributed by atoms with Crippen LogP contribution in [0.4, 0.5) is 0 Å². The Morgan fingerprint density at radius 2 is 2.16 bits per heavy atom. The van der Waals surface area contributed by atoms with Gasteiger partial charge < -0.3 is 15.4 Å². The highest BCUT2D eigenvalue weighted by Gasteiger charge is 2.22. The van der Waals surface area contributed by atoms with Crippen molar-refractivity contribution < 1.29 is 9.53 Å². The van der Waals surface area contributed by atoms with Crippen LogP contribution in [0.3, 0.4) is 0 Å². The smallest absolute Gasteiger partial charge is 0.224 e. The third kappa shape index (κ3) is 6.76. The molecule has 2 heterocycles. The zero-order valence-electron chi connectivity index (χ0n) is 14.7. The second-order valence-corrected chi connectivity index (χ2v) is 6.64. The van der Waals surface area contributed by atoms with E-state index in [2.05, 4.69) is 46.7 Å². The standard InChI is InChI=1S/C18H27N3O2.2ClH/c1-14-12-21(7-8-23-14)13-16-4-2-3-15(9-16)10-20-18(22)17-5-6-19-11-17;;/h2-4,9,14,17,19H,5-8,10-13H2,1H3,(H,20,22);2*1H. The lowest BCUT2D eigenvalue weighted by atomic mass is 10.1. The first kappa shape index (κ1) is 22.2. The van der Waals surface area contributed by atoms with Gasteiger partial charge in [0.15, 0.2) is 0 Å². The van der Waals surface area contributed by atoms with Gasteiger partial charge in [0.25, 0.3) is 0 Å². The molecule has 5 nitrogen and oxygen atoms in total. The molecule has 3 rings (SSSR count). The van der Waals surface area contributed by atoms with Crippen molar-refractivity contribution in [1.82, 2.24) is 15.5 Å². The summed E-state index contributed by atoms with van der Waals surface area (Å²) in [5.41, 5.74) is 2.47. The summed E-state index contributed by atoms with van der Waals surface area (Å²) in [6.45, 7) is 8.22. The number of halogens is 2. The van der Waals surface area contributed by atoms with Crippen LogP contribution in [0.2, 0.25) is 0 Å². The molecule has 0 aromatic heterocycles. The summed E-state index contributed by atoms with van der Waals surface area (Å²) in [4.78, 5) is 14.5. The first-order valence-corrected chi connectivity index (χ1v) is 8.61. The maximum Gasteiger partial charge on any atom is 0.224 e. The van der Waals surface area contributed by atoms with Crippen molar-refractivity contribution in [1.29, 1.82) is 0 Å². The molecule has 142 valence electrons. The lowest BCUT2D eigenvalue weighted by Crippen LogP contribution is -2.40. The van der Waals surface area contributed by atoms with Crippen molar-refractivity contribution in [2.75, 3.05) is 32.8 Å². The third-order valence-corrected chi connectivity index (χ3v) is 4.62. The molecule has 1 aromatic rings. The van der Waals surface area contributed by atoms with Gasteiger partial charge in [-0.2, -0.15) is 0 Å². The Hall–Kier alpha value is -0.850. The van der Waals surface area contributed by atoms with E-state index in [-0.39, 0.29) is 36.6 Å². The SMILES string of the molecule is CC1CN(Cc2cccc(CNC(=O)C3CCNC3)c2)CCO1.Cl.Cl. The fourth-order valence-electron chi connectivity index (χ4n) is 3.34. The molecular formula is C18H29Cl2N3O2. The van der Waals surface area contributed by atoms with Crippen LogP contribution in [0.15, 0.2) is 24.3 Å². The van der Waals surface area contributed by atoms with Crippen molar-refractivity contribution in [2.45, 2.75) is 32.5 Å². The molecule has 2 aliphatic heterocycles. The van der Waals surface area contributed by atoms with E-state index in [9.17, 15) is 4.79 Å². The molecule has 7 heteroatoms. The first-order valence-electron chi connectivity index (χ1n) is 8.61. The van der Waals surface area contributed by atoms with Crippen LogP contribution in [0, 0.1) is 5.92 Å². The Morgan fingerprint density at radius 3 is 2.88 bits per heavy atom. The second-order valence-electron chi connectivity index (χ2n) is 6.64. The number of hydrogen-bond acceptors (Lipinski definition) is 4. The van der Waals surface area contributed by atoms with Gasteiger partial charge in [0.1, 0.15) is 0 Å². The zero-order chi connectivity index (χ0) is 16.1. The molecule has 0 bridgehead atoms. The van der Waals surface area contributed by atoms with Crippen molar-refractivity contribution >= 4 is 30.7 Å². The number of benzene rings is 1. The van der Waals surface area contributed by atoms with Gasteiger partial charge in [0.05, 0.1) is 18.6 Å². The molecule has 2 unspecified atom stereocenters. The van der Waals surface area contributed by atoms with Crippen molar-refractivity contribution in [2.24, 2.45) is 5.92 Å². The zero-order valence-corrected chi connectivity index (χ0v) is 16.3. The molecule has 25 heavy (non-hydrogen) atoms. The van der Waals surface area contributed by atoms with Gasteiger partial charge in [0.2, 0.25) is 5.91 Å². The van der Waals surface area contributed by atoms with E-state index in [0.29, 0.717) is 12.6 Å². The molecule has 2 atom stereocenters. The largest absolute Gasteiger partial charge is 0.376 e. The highest BCUT2D eigenvalue weighted by molar-refractivity contribution is 5.85. The van der Waals surface area contributed by atoms with Crippen LogP contribution in [0.5, 0.6) is 0 Å². The summed E-state index contributed by atoms with van der Waals surface area (Å²) in [6, 6.07) is 8.52. The molecule has 2 fully saturated rings. The molecule has 2 aliphatic rings. The molecule has 1 amide bonds. The summed E-state index contributed by atoms with van der Waals surface area (Å²) in [5, 5.41) is 6.30. The normalized spacial score (nSPS) is 23.4. The van der Waals surface area contributed by atoms with E-state index in [1.165, 1.54) is 11.1 Å². The highest BCUT2D eigenvalue weighted by atomic mass is 35.5. The van der Waals surface area contributed by atoms with Crippen LogP contribution in [-0.4, -0.2) is 49.7 Å². The Labute approximate surface area is 162 Å². The number of carbonyl (C=O) groups excluding carboxylic acids is 1. The Kier molecular flexibility index (Phi) is 9.75. The van der Waals surface area contributed by atoms with Gasteiger partial charge in [-0.1, -0.05) is 24.3 Å². The Balaban J connectivity index is 0.00000156. The summed E-state index contributed by atoms with van der Waals surface area (Å²) in [7, 11) is 0. The number of carbonyl (C=O) groups is 1.